The van der Waals surface area contributed by atoms with Gasteiger partial charge in [-0.15, -0.1) is 0 Å². The molecule has 0 unspecified atom stereocenters. The fourth-order valence-electron chi connectivity index (χ4n) is 3.26. The number of nitrogens with one attached hydrogen (secondary N) is 1. The lowest BCUT2D eigenvalue weighted by molar-refractivity contribution is 0.0949. The molecule has 1 N–H and O–H groups in total. The van der Waals surface area contributed by atoms with E-state index < -0.39 is 0 Å². The van der Waals surface area contributed by atoms with Crippen LogP contribution in [0.4, 0.5) is 5.95 Å². The molecule has 150 valence electrons. The average molecular weight is 393 g/mol. The lowest BCUT2D eigenvalue weighted by Gasteiger charge is -2.26. The smallest absolute Gasteiger partial charge is 0.321 e. The molecule has 3 heterocycles. The molecule has 1 fully saturated rings. The quantitative estimate of drug-likeness (QED) is 0.684. The molecule has 1 saturated heterocycles. The number of piperidine rings is 1. The van der Waals surface area contributed by atoms with Crippen LogP contribution < -0.4 is 15.0 Å². The molecule has 0 spiro atoms. The number of methoxy groups -OCH3 is 1. The third-order valence-electron chi connectivity index (χ3n) is 4.76. The minimum absolute atomic E-state index is 0.185. The van der Waals surface area contributed by atoms with Gasteiger partial charge in [0, 0.05) is 31.0 Å². The molecule has 0 radical (unpaired) electrons. The second-order valence-electron chi connectivity index (χ2n) is 6.77. The number of ether oxygens (including phenoxy) is 1. The Labute approximate surface area is 168 Å². The van der Waals surface area contributed by atoms with Crippen LogP contribution in [0.25, 0.3) is 5.69 Å². The third-order valence-corrected chi connectivity index (χ3v) is 4.76. The maximum Gasteiger partial charge on any atom is 0.321 e. The fourth-order valence-corrected chi connectivity index (χ4v) is 3.26. The molecule has 9 nitrogen and oxygen atoms in total. The van der Waals surface area contributed by atoms with Gasteiger partial charge in [0.25, 0.3) is 5.91 Å². The number of hydrogen-bond acceptors (Lipinski definition) is 7. The van der Waals surface area contributed by atoms with E-state index in [9.17, 15) is 4.79 Å². The van der Waals surface area contributed by atoms with Gasteiger partial charge < -0.3 is 15.0 Å². The van der Waals surface area contributed by atoms with Crippen LogP contribution >= 0.6 is 0 Å². The second kappa shape index (κ2) is 8.68. The molecule has 1 aliphatic rings. The molecule has 0 saturated carbocycles. The highest BCUT2D eigenvalue weighted by molar-refractivity contribution is 5.94. The maximum absolute atomic E-state index is 12.6. The van der Waals surface area contributed by atoms with Crippen molar-refractivity contribution < 1.29 is 9.53 Å². The van der Waals surface area contributed by atoms with Crippen molar-refractivity contribution in [2.24, 2.45) is 0 Å². The minimum atomic E-state index is -0.210. The molecular weight excluding hydrogens is 370 g/mol. The zero-order valence-corrected chi connectivity index (χ0v) is 16.3. The molecule has 0 atom stereocenters. The van der Waals surface area contributed by atoms with Crippen molar-refractivity contribution in [3.05, 3.63) is 54.1 Å². The molecule has 1 aromatic carbocycles. The Balaban J connectivity index is 1.47. The predicted octanol–water partition coefficient (Wildman–Crippen LogP) is 1.99. The molecule has 1 aliphatic heterocycles. The van der Waals surface area contributed by atoms with Gasteiger partial charge in [-0.3, -0.25) is 4.79 Å². The highest BCUT2D eigenvalue weighted by atomic mass is 16.5. The van der Waals surface area contributed by atoms with Crippen LogP contribution in [0.15, 0.2) is 42.7 Å². The van der Waals surface area contributed by atoms with Gasteiger partial charge in [0.15, 0.2) is 5.82 Å². The molecule has 29 heavy (non-hydrogen) atoms. The topological polar surface area (TPSA) is 98.1 Å². The molecule has 1 amide bonds. The summed E-state index contributed by atoms with van der Waals surface area (Å²) in [7, 11) is 1.53. The van der Waals surface area contributed by atoms with Gasteiger partial charge in [0.05, 0.1) is 19.3 Å². The van der Waals surface area contributed by atoms with Crippen LogP contribution in [0, 0.1) is 0 Å². The second-order valence-corrected chi connectivity index (χ2v) is 6.77. The van der Waals surface area contributed by atoms with E-state index in [1.807, 2.05) is 24.4 Å². The number of carbonyl (C=O) groups excluding carboxylic acids is 1. The molecule has 3 aromatic rings. The number of amides is 1. The number of nitrogens with zero attached hydrogens (tertiary/aromatic N) is 6. The molecule has 0 bridgehead atoms. The third kappa shape index (κ3) is 4.50. The number of benzene rings is 1. The lowest BCUT2D eigenvalue weighted by Crippen LogP contribution is -2.32. The van der Waals surface area contributed by atoms with Crippen molar-refractivity contribution in [3.8, 4) is 11.7 Å². The standard InChI is InChI=1S/C20H23N7O2/c1-29-20-24-17(23-19(25-20)26-10-3-2-4-11-26)14-21-18(28)15-7-5-8-16(13-15)27-12-6-9-22-27/h5-9,12-13H,2-4,10-11,14H2,1H3,(H,21,28). The van der Waals surface area contributed by atoms with Crippen LogP contribution in [0.1, 0.15) is 35.4 Å². The number of hydrogen-bond donors (Lipinski definition) is 1. The first-order valence-electron chi connectivity index (χ1n) is 9.65. The molecule has 0 aliphatic carbocycles. The van der Waals surface area contributed by atoms with Crippen molar-refractivity contribution in [1.29, 1.82) is 0 Å². The Morgan fingerprint density at radius 1 is 1.14 bits per heavy atom. The number of carbonyl (C=O) groups is 1. The van der Waals surface area contributed by atoms with Crippen LogP contribution in [0.5, 0.6) is 6.01 Å². The van der Waals surface area contributed by atoms with Gasteiger partial charge in [-0.1, -0.05) is 6.07 Å². The summed E-state index contributed by atoms with van der Waals surface area (Å²) >= 11 is 0. The maximum atomic E-state index is 12.6. The van der Waals surface area contributed by atoms with E-state index in [0.717, 1.165) is 31.6 Å². The Bertz CT molecular complexity index is 969. The van der Waals surface area contributed by atoms with Gasteiger partial charge >= 0.3 is 6.01 Å². The van der Waals surface area contributed by atoms with Crippen molar-refractivity contribution in [3.63, 3.8) is 0 Å². The summed E-state index contributed by atoms with van der Waals surface area (Å²) in [6, 6.07) is 9.36. The molecule has 2 aromatic heterocycles. The van der Waals surface area contributed by atoms with Gasteiger partial charge in [-0.05, 0) is 43.5 Å². The Morgan fingerprint density at radius 3 is 2.76 bits per heavy atom. The first kappa shape index (κ1) is 18.9. The summed E-state index contributed by atoms with van der Waals surface area (Å²) < 4.78 is 6.93. The van der Waals surface area contributed by atoms with Crippen molar-refractivity contribution in [2.45, 2.75) is 25.8 Å². The Kier molecular flexibility index (Phi) is 5.64. The average Bonchev–Trinajstić information content (AvgIpc) is 3.33. The van der Waals surface area contributed by atoms with Crippen molar-refractivity contribution >= 4 is 11.9 Å². The zero-order valence-electron chi connectivity index (χ0n) is 16.3. The monoisotopic (exact) mass is 393 g/mol. The van der Waals surface area contributed by atoms with Gasteiger partial charge in [-0.25, -0.2) is 4.68 Å². The van der Waals surface area contributed by atoms with E-state index in [1.165, 1.54) is 13.5 Å². The van der Waals surface area contributed by atoms with Crippen LogP contribution in [-0.4, -0.2) is 50.8 Å². The SMILES string of the molecule is COc1nc(CNC(=O)c2cccc(-n3cccn3)c2)nc(N2CCCCC2)n1. The van der Waals surface area contributed by atoms with Crippen LogP contribution in [0.3, 0.4) is 0 Å². The predicted molar refractivity (Wildman–Crippen MR) is 107 cm³/mol. The minimum Gasteiger partial charge on any atom is -0.467 e. The van der Waals surface area contributed by atoms with E-state index in [0.29, 0.717) is 17.3 Å². The van der Waals surface area contributed by atoms with E-state index in [-0.39, 0.29) is 18.5 Å². The van der Waals surface area contributed by atoms with Gasteiger partial charge in [0.2, 0.25) is 5.95 Å². The van der Waals surface area contributed by atoms with E-state index >= 15 is 0 Å². The lowest BCUT2D eigenvalue weighted by atomic mass is 10.1. The number of anilines is 1. The van der Waals surface area contributed by atoms with Gasteiger partial charge in [0.1, 0.15) is 0 Å². The summed E-state index contributed by atoms with van der Waals surface area (Å²) in [5.41, 5.74) is 1.35. The number of rotatable bonds is 6. The molecular formula is C20H23N7O2. The van der Waals surface area contributed by atoms with Crippen molar-refractivity contribution in [2.75, 3.05) is 25.1 Å². The molecule has 9 heteroatoms. The first-order chi connectivity index (χ1) is 14.2. The largest absolute Gasteiger partial charge is 0.467 e. The summed E-state index contributed by atoms with van der Waals surface area (Å²) in [6.07, 6.45) is 6.98. The molecule has 4 rings (SSSR count). The zero-order chi connectivity index (χ0) is 20.1. The fraction of sp³-hybridized carbons (Fsp3) is 0.350. The summed E-state index contributed by atoms with van der Waals surface area (Å²) in [5, 5.41) is 7.07. The van der Waals surface area contributed by atoms with Gasteiger partial charge in [-0.2, -0.15) is 20.1 Å². The summed E-state index contributed by atoms with van der Waals surface area (Å²) in [4.78, 5) is 27.9. The Morgan fingerprint density at radius 2 is 2.00 bits per heavy atom. The summed E-state index contributed by atoms with van der Waals surface area (Å²) in [5.74, 6) is 0.855. The summed E-state index contributed by atoms with van der Waals surface area (Å²) in [6.45, 7) is 2.02. The van der Waals surface area contributed by atoms with Crippen LogP contribution in [0.2, 0.25) is 0 Å². The highest BCUT2D eigenvalue weighted by Gasteiger charge is 2.17. The van der Waals surface area contributed by atoms with E-state index in [4.69, 9.17) is 4.74 Å². The van der Waals surface area contributed by atoms with Crippen LogP contribution in [-0.2, 0) is 6.54 Å². The highest BCUT2D eigenvalue weighted by Crippen LogP contribution is 2.18. The number of aromatic nitrogens is 5. The van der Waals surface area contributed by atoms with Crippen molar-refractivity contribution in [1.82, 2.24) is 30.0 Å². The first-order valence-corrected chi connectivity index (χ1v) is 9.65. The van der Waals surface area contributed by atoms with E-state index in [1.54, 1.807) is 23.0 Å². The Hall–Kier alpha value is -3.49. The van der Waals surface area contributed by atoms with E-state index in [2.05, 4.69) is 30.3 Å². The normalized spacial score (nSPS) is 13.9.